The Hall–Kier alpha value is -3.84. The molecular formula is C30H24ClNO4. The van der Waals surface area contributed by atoms with Gasteiger partial charge in [-0.3, -0.25) is 0 Å². The summed E-state index contributed by atoms with van der Waals surface area (Å²) in [6, 6.07) is 45.0. The van der Waals surface area contributed by atoms with Crippen LogP contribution in [-0.2, 0) is 6.54 Å². The molecule has 0 bridgehead atoms. The Kier molecular flexibility index (Phi) is 8.23. The maximum absolute atomic E-state index is 8.49. The summed E-state index contributed by atoms with van der Waals surface area (Å²) in [5.74, 6) is 0. The van der Waals surface area contributed by atoms with Gasteiger partial charge in [0.15, 0.2) is 12.7 Å². The van der Waals surface area contributed by atoms with Crippen LogP contribution < -0.4 is 23.2 Å². The van der Waals surface area contributed by atoms with Gasteiger partial charge in [0.1, 0.15) is 0 Å². The van der Waals surface area contributed by atoms with Gasteiger partial charge in [0, 0.05) is 22.8 Å². The first kappa shape index (κ1) is 25.3. The Bertz CT molecular complexity index is 1370. The van der Waals surface area contributed by atoms with Crippen molar-refractivity contribution in [3.63, 3.8) is 0 Å². The van der Waals surface area contributed by atoms with Crippen molar-refractivity contribution < 1.29 is 33.4 Å². The van der Waals surface area contributed by atoms with E-state index in [1.54, 1.807) is 0 Å². The molecule has 36 heavy (non-hydrogen) atoms. The molecule has 0 spiro atoms. The topological polar surface area (TPSA) is 96.1 Å². The molecule has 1 aromatic heterocycles. The summed E-state index contributed by atoms with van der Waals surface area (Å²) >= 11 is 0. The Morgan fingerprint density at radius 2 is 0.889 bits per heavy atom. The Morgan fingerprint density at radius 1 is 0.500 bits per heavy atom. The molecule has 0 aliphatic rings. The first-order valence-electron chi connectivity index (χ1n) is 11.3. The molecule has 0 saturated heterocycles. The van der Waals surface area contributed by atoms with Gasteiger partial charge in [-0.25, -0.2) is 18.6 Å². The van der Waals surface area contributed by atoms with Crippen LogP contribution in [0.5, 0.6) is 0 Å². The van der Waals surface area contributed by atoms with Crippen LogP contribution in [0.4, 0.5) is 0 Å². The smallest absolute Gasteiger partial charge is 0.213 e. The molecule has 5 rings (SSSR count). The fourth-order valence-electron chi connectivity index (χ4n) is 4.07. The number of pyridine rings is 1. The summed E-state index contributed by atoms with van der Waals surface area (Å²) in [6.07, 6.45) is 2.31. The van der Waals surface area contributed by atoms with Gasteiger partial charge in [-0.2, -0.15) is 4.57 Å². The fourth-order valence-corrected chi connectivity index (χ4v) is 4.07. The summed E-state index contributed by atoms with van der Waals surface area (Å²) in [7, 11) is -4.94. The number of benzene rings is 4. The molecule has 5 nitrogen and oxygen atoms in total. The number of aromatic nitrogens is 1. The number of rotatable bonds is 5. The van der Waals surface area contributed by atoms with E-state index in [0.717, 1.165) is 6.54 Å². The highest BCUT2D eigenvalue weighted by Crippen LogP contribution is 2.33. The number of halogens is 1. The largest absolute Gasteiger partial charge is 0.222 e. The predicted molar refractivity (Wildman–Crippen MR) is 128 cm³/mol. The summed E-state index contributed by atoms with van der Waals surface area (Å²) in [5.41, 5.74) is 8.65. The fraction of sp³-hybridized carbons (Fsp3) is 0.0333. The van der Waals surface area contributed by atoms with Crippen molar-refractivity contribution in [3.8, 4) is 33.5 Å². The SMILES string of the molecule is [O-][Cl+3]([O-])([O-])[O-].c1ccc(C[n+]2cc(-c3ccccc3)c(-c3ccccc3)cc2-c2ccccc2)cc1. The lowest BCUT2D eigenvalue weighted by Gasteiger charge is -2.17. The summed E-state index contributed by atoms with van der Waals surface area (Å²) < 4.78 is 36.3. The lowest BCUT2D eigenvalue weighted by atomic mass is 9.94. The molecule has 0 amide bonds. The molecule has 0 aliphatic heterocycles. The average molecular weight is 498 g/mol. The van der Waals surface area contributed by atoms with Crippen LogP contribution in [0.2, 0.25) is 0 Å². The lowest BCUT2D eigenvalue weighted by Crippen LogP contribution is -2.68. The van der Waals surface area contributed by atoms with Gasteiger partial charge in [-0.1, -0.05) is 109 Å². The zero-order valence-corrected chi connectivity index (χ0v) is 20.1. The molecule has 0 aliphatic carbocycles. The van der Waals surface area contributed by atoms with Gasteiger partial charge in [-0.05, 0) is 23.3 Å². The number of hydrogen-bond donors (Lipinski definition) is 0. The van der Waals surface area contributed by atoms with Crippen LogP contribution in [0.25, 0.3) is 33.5 Å². The maximum Gasteiger partial charge on any atom is 0.213 e. The minimum atomic E-state index is -4.94. The third-order valence-electron chi connectivity index (χ3n) is 5.60. The van der Waals surface area contributed by atoms with E-state index in [0.29, 0.717) is 0 Å². The summed E-state index contributed by atoms with van der Waals surface area (Å²) in [4.78, 5) is 0. The summed E-state index contributed by atoms with van der Waals surface area (Å²) in [6.45, 7) is 0.819. The standard InChI is InChI=1S/C30H24N.ClHO4/c1-5-13-24(14-6-1)22-31-23-29(26-17-9-3-10-18-26)28(25-15-7-2-8-16-25)21-30(31)27-19-11-4-12-20-27;2-1(3,4)5/h1-21,23H,22H2;(H,2,3,4,5)/q+1;/p-1. The molecule has 0 fully saturated rings. The monoisotopic (exact) mass is 497 g/mol. The quantitative estimate of drug-likeness (QED) is 0.348. The second-order valence-electron chi connectivity index (χ2n) is 8.08. The van der Waals surface area contributed by atoms with Gasteiger partial charge in [0.05, 0.1) is 5.56 Å². The lowest BCUT2D eigenvalue weighted by molar-refractivity contribution is -2.00. The van der Waals surface area contributed by atoms with Gasteiger partial charge >= 0.3 is 0 Å². The van der Waals surface area contributed by atoms with Gasteiger partial charge in [-0.15, -0.1) is 10.2 Å². The molecule has 0 atom stereocenters. The molecule has 4 aromatic carbocycles. The van der Waals surface area contributed by atoms with E-state index in [1.807, 2.05) is 0 Å². The highest BCUT2D eigenvalue weighted by Gasteiger charge is 2.20. The van der Waals surface area contributed by atoms with E-state index in [-0.39, 0.29) is 0 Å². The first-order valence-corrected chi connectivity index (χ1v) is 12.5. The molecular weight excluding hydrogens is 474 g/mol. The minimum Gasteiger partial charge on any atom is -0.222 e. The Labute approximate surface area is 212 Å². The second-order valence-corrected chi connectivity index (χ2v) is 8.83. The van der Waals surface area contributed by atoms with Crippen LogP contribution in [-0.4, -0.2) is 0 Å². The van der Waals surface area contributed by atoms with E-state index in [9.17, 15) is 0 Å². The van der Waals surface area contributed by atoms with E-state index in [1.165, 1.54) is 39.1 Å². The van der Waals surface area contributed by atoms with Crippen molar-refractivity contribution in [2.24, 2.45) is 0 Å². The highest BCUT2D eigenvalue weighted by atomic mass is 35.7. The van der Waals surface area contributed by atoms with Crippen molar-refractivity contribution in [1.29, 1.82) is 0 Å². The Balaban J connectivity index is 0.000000556. The number of nitrogens with zero attached hydrogens (tertiary/aromatic N) is 1. The van der Waals surface area contributed by atoms with E-state index in [4.69, 9.17) is 18.6 Å². The van der Waals surface area contributed by atoms with E-state index in [2.05, 4.69) is 138 Å². The molecule has 0 radical (unpaired) electrons. The van der Waals surface area contributed by atoms with Crippen LogP contribution in [0.1, 0.15) is 5.56 Å². The molecule has 6 heteroatoms. The van der Waals surface area contributed by atoms with Crippen LogP contribution >= 0.6 is 0 Å². The van der Waals surface area contributed by atoms with Crippen LogP contribution in [0.15, 0.2) is 134 Å². The second kappa shape index (κ2) is 11.7. The van der Waals surface area contributed by atoms with E-state index >= 15 is 0 Å². The molecule has 180 valence electrons. The number of hydrogen-bond acceptors (Lipinski definition) is 4. The molecule has 1 heterocycles. The van der Waals surface area contributed by atoms with Crippen molar-refractivity contribution >= 4 is 0 Å². The normalized spacial score (nSPS) is 10.9. The van der Waals surface area contributed by atoms with E-state index < -0.39 is 10.2 Å². The zero-order chi connectivity index (χ0) is 25.4. The molecule has 5 aromatic rings. The van der Waals surface area contributed by atoms with Crippen molar-refractivity contribution in [3.05, 3.63) is 139 Å². The summed E-state index contributed by atoms with van der Waals surface area (Å²) in [5, 5.41) is 0. The van der Waals surface area contributed by atoms with Crippen LogP contribution in [0, 0.1) is 10.2 Å². The minimum absolute atomic E-state index is 0.819. The third kappa shape index (κ3) is 7.09. The molecule has 0 N–H and O–H groups in total. The van der Waals surface area contributed by atoms with Gasteiger partial charge in [0.25, 0.3) is 0 Å². The zero-order valence-electron chi connectivity index (χ0n) is 19.4. The Morgan fingerprint density at radius 3 is 1.36 bits per heavy atom. The molecule has 0 unspecified atom stereocenters. The van der Waals surface area contributed by atoms with Gasteiger partial charge in [0.2, 0.25) is 5.69 Å². The first-order chi connectivity index (χ1) is 17.4. The van der Waals surface area contributed by atoms with Crippen molar-refractivity contribution in [1.82, 2.24) is 0 Å². The van der Waals surface area contributed by atoms with Gasteiger partial charge < -0.3 is 0 Å². The average Bonchev–Trinajstić information content (AvgIpc) is 2.90. The third-order valence-corrected chi connectivity index (χ3v) is 5.60. The highest BCUT2D eigenvalue weighted by molar-refractivity contribution is 5.84. The molecule has 0 saturated carbocycles. The van der Waals surface area contributed by atoms with Crippen molar-refractivity contribution in [2.75, 3.05) is 0 Å². The van der Waals surface area contributed by atoms with Crippen molar-refractivity contribution in [2.45, 2.75) is 6.54 Å². The predicted octanol–water partition coefficient (Wildman–Crippen LogP) is 2.27. The maximum atomic E-state index is 8.49. The van der Waals surface area contributed by atoms with Crippen LogP contribution in [0.3, 0.4) is 0 Å².